The zero-order valence-electron chi connectivity index (χ0n) is 13.9. The number of imidazole rings is 1. The second-order valence-electron chi connectivity index (χ2n) is 6.40. The van der Waals surface area contributed by atoms with Crippen LogP contribution in [0.1, 0.15) is 23.3 Å². The van der Waals surface area contributed by atoms with E-state index in [9.17, 15) is 14.0 Å². The molecule has 4 rings (SSSR count). The number of halogens is 1. The monoisotopic (exact) mass is 372 g/mol. The Bertz CT molecular complexity index is 996. The summed E-state index contributed by atoms with van der Waals surface area (Å²) in [6.07, 6.45) is 3.21. The highest BCUT2D eigenvalue weighted by molar-refractivity contribution is 7.15. The Kier molecular flexibility index (Phi) is 4.20. The van der Waals surface area contributed by atoms with E-state index in [1.54, 1.807) is 33.0 Å². The van der Waals surface area contributed by atoms with Gasteiger partial charge < -0.3 is 10.6 Å². The quantitative estimate of drug-likeness (QED) is 0.767. The van der Waals surface area contributed by atoms with Gasteiger partial charge in [-0.1, -0.05) is 12.1 Å². The Balaban J connectivity index is 1.64. The second kappa shape index (κ2) is 6.53. The molecule has 1 saturated heterocycles. The Hall–Kier alpha value is -2.74. The minimum absolute atomic E-state index is 0.148. The first kappa shape index (κ1) is 16.7. The first-order chi connectivity index (χ1) is 12.5. The van der Waals surface area contributed by atoms with Crippen molar-refractivity contribution in [2.45, 2.75) is 12.8 Å². The zero-order valence-corrected chi connectivity index (χ0v) is 14.7. The van der Waals surface area contributed by atoms with Crippen molar-refractivity contribution in [1.29, 1.82) is 0 Å². The number of primary amides is 1. The largest absolute Gasteiger partial charge is 0.369 e. The van der Waals surface area contributed by atoms with Crippen LogP contribution in [0.15, 0.2) is 35.8 Å². The van der Waals surface area contributed by atoms with Gasteiger partial charge in [0.15, 0.2) is 4.96 Å². The summed E-state index contributed by atoms with van der Waals surface area (Å²) in [5, 5.41) is 1.76. The van der Waals surface area contributed by atoms with E-state index in [4.69, 9.17) is 5.73 Å². The second-order valence-corrected chi connectivity index (χ2v) is 7.24. The van der Waals surface area contributed by atoms with Crippen LogP contribution in [0, 0.1) is 11.7 Å². The van der Waals surface area contributed by atoms with Gasteiger partial charge in [0.25, 0.3) is 5.91 Å². The van der Waals surface area contributed by atoms with Crippen molar-refractivity contribution in [2.24, 2.45) is 11.7 Å². The van der Waals surface area contributed by atoms with Gasteiger partial charge in [0, 0.05) is 30.2 Å². The van der Waals surface area contributed by atoms with Crippen LogP contribution < -0.4 is 5.73 Å². The van der Waals surface area contributed by atoms with Gasteiger partial charge in [0.2, 0.25) is 5.91 Å². The van der Waals surface area contributed by atoms with Crippen LogP contribution in [0.25, 0.3) is 16.2 Å². The summed E-state index contributed by atoms with van der Waals surface area (Å²) in [7, 11) is 0. The molecule has 8 heteroatoms. The number of piperidine rings is 1. The zero-order chi connectivity index (χ0) is 18.3. The van der Waals surface area contributed by atoms with Crippen LogP contribution in [0.2, 0.25) is 0 Å². The number of carbonyl (C=O) groups is 2. The topological polar surface area (TPSA) is 80.7 Å². The normalized spacial score (nSPS) is 17.6. The number of benzene rings is 1. The molecule has 1 aromatic carbocycles. The molecule has 3 heterocycles. The van der Waals surface area contributed by atoms with E-state index in [1.807, 2.05) is 0 Å². The van der Waals surface area contributed by atoms with E-state index < -0.39 is 0 Å². The van der Waals surface area contributed by atoms with E-state index in [1.165, 1.54) is 23.5 Å². The van der Waals surface area contributed by atoms with Crippen LogP contribution in [-0.4, -0.2) is 39.2 Å². The summed E-state index contributed by atoms with van der Waals surface area (Å²) in [5.74, 6) is -1.15. The predicted octanol–water partition coefficient (Wildman–Crippen LogP) is 2.54. The molecule has 0 radical (unpaired) electrons. The average molecular weight is 372 g/mol. The summed E-state index contributed by atoms with van der Waals surface area (Å²) in [5.41, 5.74) is 7.16. The summed E-state index contributed by atoms with van der Waals surface area (Å²) in [6.45, 7) is 0.947. The van der Waals surface area contributed by atoms with Crippen LogP contribution in [-0.2, 0) is 4.79 Å². The van der Waals surface area contributed by atoms with Gasteiger partial charge in [-0.2, -0.15) is 0 Å². The van der Waals surface area contributed by atoms with Gasteiger partial charge in [-0.3, -0.25) is 14.0 Å². The fourth-order valence-electron chi connectivity index (χ4n) is 3.28. The number of carbonyl (C=O) groups excluding carboxylic acids is 2. The van der Waals surface area contributed by atoms with Gasteiger partial charge in [-0.05, 0) is 25.0 Å². The Morgan fingerprint density at radius 2 is 2.19 bits per heavy atom. The number of fused-ring (bicyclic) bond motifs is 1. The molecule has 134 valence electrons. The molecule has 1 aliphatic heterocycles. The molecule has 6 nitrogen and oxygen atoms in total. The molecule has 0 spiro atoms. The van der Waals surface area contributed by atoms with Crippen molar-refractivity contribution in [3.8, 4) is 11.3 Å². The third kappa shape index (κ3) is 2.96. The molecule has 1 fully saturated rings. The maximum absolute atomic E-state index is 13.5. The average Bonchev–Trinajstić information content (AvgIpc) is 3.22. The lowest BCUT2D eigenvalue weighted by Gasteiger charge is -2.30. The first-order valence-corrected chi connectivity index (χ1v) is 9.22. The predicted molar refractivity (Wildman–Crippen MR) is 96.3 cm³/mol. The highest BCUT2D eigenvalue weighted by Crippen LogP contribution is 2.26. The van der Waals surface area contributed by atoms with Gasteiger partial charge >= 0.3 is 0 Å². The third-order valence-corrected chi connectivity index (χ3v) is 5.50. The molecule has 0 saturated carbocycles. The first-order valence-electron chi connectivity index (χ1n) is 8.34. The van der Waals surface area contributed by atoms with E-state index in [2.05, 4.69) is 4.98 Å². The van der Waals surface area contributed by atoms with Gasteiger partial charge in [0.1, 0.15) is 11.5 Å². The fourth-order valence-corrected chi connectivity index (χ4v) is 4.13. The molecule has 0 bridgehead atoms. The minimum atomic E-state index is -0.367. The number of rotatable bonds is 3. The van der Waals surface area contributed by atoms with E-state index in [0.29, 0.717) is 41.4 Å². The standard InChI is InChI=1S/C18H17FN4O2S/c19-13-5-1-3-11(7-13)14-9-23-15(10-26-18(23)21-14)17(25)22-6-2-4-12(8-22)16(20)24/h1,3,5,7,9-10,12H,2,4,6,8H2,(H2,20,24)/t12-/m1/s1. The number of amides is 2. The molecule has 2 amide bonds. The molecule has 3 aromatic rings. The summed E-state index contributed by atoms with van der Waals surface area (Å²) in [6, 6.07) is 6.19. The number of aromatic nitrogens is 2. The maximum Gasteiger partial charge on any atom is 0.271 e. The number of nitrogens with two attached hydrogens (primary N) is 1. The van der Waals surface area contributed by atoms with Crippen molar-refractivity contribution in [2.75, 3.05) is 13.1 Å². The van der Waals surface area contributed by atoms with E-state index in [0.717, 1.165) is 6.42 Å². The summed E-state index contributed by atoms with van der Waals surface area (Å²) < 4.78 is 15.2. The van der Waals surface area contributed by atoms with Gasteiger partial charge in [-0.15, -0.1) is 11.3 Å². The molecular formula is C18H17FN4O2S. The van der Waals surface area contributed by atoms with Gasteiger partial charge in [-0.25, -0.2) is 9.37 Å². The van der Waals surface area contributed by atoms with Crippen molar-refractivity contribution in [3.05, 3.63) is 47.4 Å². The molecule has 2 N–H and O–H groups in total. The lowest BCUT2D eigenvalue weighted by atomic mass is 9.97. The molecule has 0 aliphatic carbocycles. The smallest absolute Gasteiger partial charge is 0.271 e. The van der Waals surface area contributed by atoms with Gasteiger partial charge in [0.05, 0.1) is 11.6 Å². The number of nitrogens with zero attached hydrogens (tertiary/aromatic N) is 3. The molecule has 1 atom stereocenters. The van der Waals surface area contributed by atoms with E-state index >= 15 is 0 Å². The van der Waals surface area contributed by atoms with Crippen molar-refractivity contribution < 1.29 is 14.0 Å². The van der Waals surface area contributed by atoms with Crippen molar-refractivity contribution in [3.63, 3.8) is 0 Å². The molecule has 0 unspecified atom stereocenters. The van der Waals surface area contributed by atoms with Crippen LogP contribution in [0.4, 0.5) is 4.39 Å². The highest BCUT2D eigenvalue weighted by atomic mass is 32.1. The Labute approximate surface area is 153 Å². The third-order valence-electron chi connectivity index (χ3n) is 4.66. The lowest BCUT2D eigenvalue weighted by Crippen LogP contribution is -2.44. The fraction of sp³-hybridized carbons (Fsp3) is 0.278. The van der Waals surface area contributed by atoms with Crippen molar-refractivity contribution >= 4 is 28.1 Å². The highest BCUT2D eigenvalue weighted by Gasteiger charge is 2.29. The Morgan fingerprint density at radius 3 is 2.96 bits per heavy atom. The lowest BCUT2D eigenvalue weighted by molar-refractivity contribution is -0.123. The van der Waals surface area contributed by atoms with Crippen LogP contribution in [0.5, 0.6) is 0 Å². The molecular weight excluding hydrogens is 355 g/mol. The minimum Gasteiger partial charge on any atom is -0.369 e. The number of likely N-dealkylation sites (tertiary alicyclic amines) is 1. The molecule has 2 aromatic heterocycles. The molecule has 1 aliphatic rings. The molecule has 26 heavy (non-hydrogen) atoms. The summed E-state index contributed by atoms with van der Waals surface area (Å²) >= 11 is 1.35. The number of hydrogen-bond acceptors (Lipinski definition) is 4. The Morgan fingerprint density at radius 1 is 1.35 bits per heavy atom. The van der Waals surface area contributed by atoms with Crippen molar-refractivity contribution in [1.82, 2.24) is 14.3 Å². The maximum atomic E-state index is 13.5. The number of hydrogen-bond donors (Lipinski definition) is 1. The SMILES string of the molecule is NC(=O)[C@@H]1CCCN(C(=O)c2csc3nc(-c4cccc(F)c4)cn23)C1. The van der Waals surface area contributed by atoms with E-state index in [-0.39, 0.29) is 23.5 Å². The summed E-state index contributed by atoms with van der Waals surface area (Å²) in [4.78, 5) is 31.2. The number of thiazole rings is 1. The van der Waals surface area contributed by atoms with Crippen LogP contribution in [0.3, 0.4) is 0 Å². The van der Waals surface area contributed by atoms with Crippen LogP contribution >= 0.6 is 11.3 Å².